The van der Waals surface area contributed by atoms with E-state index in [9.17, 15) is 24.0 Å². The lowest BCUT2D eigenvalue weighted by Crippen LogP contribution is -2.52. The van der Waals surface area contributed by atoms with Crippen molar-refractivity contribution in [3.05, 3.63) is 35.9 Å². The van der Waals surface area contributed by atoms with Crippen molar-refractivity contribution < 1.29 is 24.0 Å². The smallest absolute Gasteiger partial charge is 0.247 e. The van der Waals surface area contributed by atoms with Gasteiger partial charge in [-0.2, -0.15) is 0 Å². The number of hydrogen-bond acceptors (Lipinski definition) is 6. The van der Waals surface area contributed by atoms with Crippen LogP contribution in [-0.4, -0.2) is 60.5 Å². The van der Waals surface area contributed by atoms with Crippen LogP contribution in [0.5, 0.6) is 0 Å². The molecule has 0 aliphatic carbocycles. The maximum atomic E-state index is 13.4. The minimum absolute atomic E-state index is 0.0734. The lowest BCUT2D eigenvalue weighted by atomic mass is 9.91. The molecule has 0 aromatic heterocycles. The number of rotatable bonds is 8. The first-order chi connectivity index (χ1) is 18.5. The lowest BCUT2D eigenvalue weighted by molar-refractivity contribution is -0.135. The third-order valence-electron chi connectivity index (χ3n) is 6.51. The Morgan fingerprint density at radius 1 is 1.05 bits per heavy atom. The predicted molar refractivity (Wildman–Crippen MR) is 147 cm³/mol. The molecule has 214 valence electrons. The van der Waals surface area contributed by atoms with E-state index in [4.69, 9.17) is 11.5 Å². The van der Waals surface area contributed by atoms with Gasteiger partial charge in [0.15, 0.2) is 11.7 Å². The summed E-state index contributed by atoms with van der Waals surface area (Å²) in [4.78, 5) is 69.4. The van der Waals surface area contributed by atoms with Crippen LogP contribution in [0.15, 0.2) is 35.3 Å². The molecule has 0 saturated carbocycles. The highest BCUT2D eigenvalue weighted by Crippen LogP contribution is 2.18. The Morgan fingerprint density at radius 3 is 2.36 bits per heavy atom. The number of nitrogens with zero attached hydrogens (tertiary/aromatic N) is 1. The molecule has 1 aromatic rings. The number of nitrogens with two attached hydrogens (primary N) is 2. The van der Waals surface area contributed by atoms with Crippen molar-refractivity contribution in [3.63, 3.8) is 0 Å². The van der Waals surface area contributed by atoms with E-state index in [1.807, 2.05) is 0 Å². The number of nitrogens with one attached hydrogen (secondary N) is 4. The molecule has 0 bridgehead atoms. The van der Waals surface area contributed by atoms with Gasteiger partial charge in [0.25, 0.3) is 0 Å². The van der Waals surface area contributed by atoms with Gasteiger partial charge in [-0.15, -0.1) is 0 Å². The van der Waals surface area contributed by atoms with Gasteiger partial charge in [-0.25, -0.2) is 0 Å². The van der Waals surface area contributed by atoms with E-state index in [-0.39, 0.29) is 55.9 Å². The number of ketones is 1. The summed E-state index contributed by atoms with van der Waals surface area (Å²) < 4.78 is 0. The fourth-order valence-corrected chi connectivity index (χ4v) is 4.18. The van der Waals surface area contributed by atoms with Crippen molar-refractivity contribution in [2.24, 2.45) is 28.3 Å². The van der Waals surface area contributed by atoms with Crippen LogP contribution < -0.4 is 32.7 Å². The van der Waals surface area contributed by atoms with Crippen molar-refractivity contribution in [3.8, 4) is 0 Å². The Bertz CT molecular complexity index is 1040. The monoisotopic (exact) mass is 543 g/mol. The summed E-state index contributed by atoms with van der Waals surface area (Å²) in [5, 5.41) is 11.0. The highest BCUT2D eigenvalue weighted by molar-refractivity contribution is 5.96. The van der Waals surface area contributed by atoms with Crippen LogP contribution in [-0.2, 0) is 24.0 Å². The van der Waals surface area contributed by atoms with Crippen LogP contribution in [0.1, 0.15) is 64.5 Å². The van der Waals surface area contributed by atoms with E-state index in [0.717, 1.165) is 0 Å². The van der Waals surface area contributed by atoms with Gasteiger partial charge in [0.2, 0.25) is 23.6 Å². The number of aliphatic imine (C=N–C) groups is 1. The molecule has 8 N–H and O–H groups in total. The quantitative estimate of drug-likeness (QED) is 0.151. The van der Waals surface area contributed by atoms with Crippen LogP contribution in [0.4, 0.5) is 0 Å². The Kier molecular flexibility index (Phi) is 12.4. The summed E-state index contributed by atoms with van der Waals surface area (Å²) in [6.45, 7) is 5.51. The molecule has 1 heterocycles. The summed E-state index contributed by atoms with van der Waals surface area (Å²) in [7, 11) is 0. The topological polar surface area (TPSA) is 198 Å². The van der Waals surface area contributed by atoms with E-state index in [2.05, 4.69) is 26.3 Å². The number of carbonyl (C=O) groups is 5. The van der Waals surface area contributed by atoms with Gasteiger partial charge in [0, 0.05) is 31.3 Å². The van der Waals surface area contributed by atoms with E-state index in [0.29, 0.717) is 18.4 Å². The molecule has 1 aliphatic rings. The van der Waals surface area contributed by atoms with Gasteiger partial charge >= 0.3 is 0 Å². The molecular weight excluding hydrogens is 502 g/mol. The molecule has 12 heteroatoms. The number of Topliss-reactive ketones (excluding diaryl/α,β-unsaturated/α-hetero) is 1. The molecule has 0 spiro atoms. The number of guanidine groups is 1. The van der Waals surface area contributed by atoms with Crippen molar-refractivity contribution in [2.75, 3.05) is 13.1 Å². The summed E-state index contributed by atoms with van der Waals surface area (Å²) in [5.74, 6) is -3.30. The van der Waals surface area contributed by atoms with Crippen LogP contribution in [0.3, 0.4) is 0 Å². The minimum Gasteiger partial charge on any atom is -0.370 e. The average Bonchev–Trinajstić information content (AvgIpc) is 2.90. The maximum Gasteiger partial charge on any atom is 0.247 e. The number of amides is 4. The van der Waals surface area contributed by atoms with Gasteiger partial charge in [0.05, 0.1) is 6.04 Å². The fraction of sp³-hybridized carbons (Fsp3) is 0.556. The van der Waals surface area contributed by atoms with Gasteiger partial charge in [-0.1, -0.05) is 51.1 Å². The fourth-order valence-electron chi connectivity index (χ4n) is 4.18. The summed E-state index contributed by atoms with van der Waals surface area (Å²) in [6.07, 6.45) is 0.957. The first-order valence-corrected chi connectivity index (χ1v) is 13.3. The molecule has 1 aliphatic heterocycles. The van der Waals surface area contributed by atoms with E-state index >= 15 is 0 Å². The molecule has 0 radical (unpaired) electrons. The lowest BCUT2D eigenvalue weighted by Gasteiger charge is -2.27. The van der Waals surface area contributed by atoms with E-state index in [1.54, 1.807) is 51.1 Å². The van der Waals surface area contributed by atoms with Crippen molar-refractivity contribution in [1.82, 2.24) is 21.3 Å². The molecule has 1 fully saturated rings. The second kappa shape index (κ2) is 15.5. The Balaban J connectivity index is 2.38. The minimum atomic E-state index is -1.01. The summed E-state index contributed by atoms with van der Waals surface area (Å²) >= 11 is 0. The zero-order valence-electron chi connectivity index (χ0n) is 22.9. The van der Waals surface area contributed by atoms with Gasteiger partial charge in [-0.3, -0.25) is 29.0 Å². The van der Waals surface area contributed by atoms with Crippen LogP contribution in [0.2, 0.25) is 0 Å². The molecule has 39 heavy (non-hydrogen) atoms. The van der Waals surface area contributed by atoms with Crippen LogP contribution in [0.25, 0.3) is 0 Å². The molecule has 4 atom stereocenters. The Labute approximate surface area is 229 Å². The summed E-state index contributed by atoms with van der Waals surface area (Å²) in [5.41, 5.74) is 11.3. The maximum absolute atomic E-state index is 13.4. The van der Waals surface area contributed by atoms with Gasteiger partial charge < -0.3 is 32.7 Å². The third-order valence-corrected chi connectivity index (χ3v) is 6.51. The molecule has 0 unspecified atom stereocenters. The SMILES string of the molecule is CC[C@@H]1NC(=O)[C@H](CCCN=C(N)N)CC(=O)[C@H](NC(=O)C(C)C)CCNC(=O)[C@@H](c2ccccc2)NC1=O. The first-order valence-electron chi connectivity index (χ1n) is 13.3. The van der Waals surface area contributed by atoms with Crippen LogP contribution >= 0.6 is 0 Å². The number of hydrogen-bond donors (Lipinski definition) is 6. The molecule has 12 nitrogen and oxygen atoms in total. The first kappa shape index (κ1) is 31.3. The average molecular weight is 544 g/mol. The van der Waals surface area contributed by atoms with Crippen LogP contribution in [0, 0.1) is 11.8 Å². The van der Waals surface area contributed by atoms with Gasteiger partial charge in [-0.05, 0) is 31.2 Å². The van der Waals surface area contributed by atoms with E-state index in [1.165, 1.54) is 0 Å². The largest absolute Gasteiger partial charge is 0.370 e. The predicted octanol–water partition coefficient (Wildman–Crippen LogP) is 0.0284. The molecule has 1 saturated heterocycles. The molecule has 1 aromatic carbocycles. The van der Waals surface area contributed by atoms with E-state index < -0.39 is 41.8 Å². The van der Waals surface area contributed by atoms with Crippen molar-refractivity contribution in [2.45, 2.75) is 71.0 Å². The van der Waals surface area contributed by atoms with Crippen molar-refractivity contribution >= 4 is 35.4 Å². The Morgan fingerprint density at radius 2 is 1.74 bits per heavy atom. The molecule has 2 rings (SSSR count). The molecule has 4 amide bonds. The van der Waals surface area contributed by atoms with Crippen molar-refractivity contribution in [1.29, 1.82) is 0 Å². The third kappa shape index (κ3) is 10.0. The highest BCUT2D eigenvalue weighted by atomic mass is 16.2. The number of benzene rings is 1. The summed E-state index contributed by atoms with van der Waals surface area (Å²) in [6, 6.07) is 5.90. The second-order valence-corrected chi connectivity index (χ2v) is 9.93. The van der Waals surface area contributed by atoms with Gasteiger partial charge in [0.1, 0.15) is 12.1 Å². The Hall–Kier alpha value is -3.96. The highest BCUT2D eigenvalue weighted by Gasteiger charge is 2.32. The number of carbonyl (C=O) groups excluding carboxylic acids is 5. The zero-order chi connectivity index (χ0) is 28.9. The molecular formula is C27H41N7O5. The zero-order valence-corrected chi connectivity index (χ0v) is 22.9. The standard InChI is InChI=1S/C27H41N7O5/c1-4-19-25(38)34-22(17-9-6-5-7-10-17)26(39)30-14-12-20(33-23(36)16(2)3)21(35)15-18(24(37)32-19)11-8-13-31-27(28)29/h5-7,9-10,16,18-20,22H,4,8,11-15H2,1-3H3,(H,30,39)(H,32,37)(H,33,36)(H,34,38)(H4,28,29,31)/t18-,19+,20-,22-/m1/s1. The second-order valence-electron chi connectivity index (χ2n) is 9.93. The normalized spacial score (nSPS) is 23.2.